The largest absolute Gasteiger partial charge is 0.481 e. The van der Waals surface area contributed by atoms with E-state index in [0.29, 0.717) is 14.9 Å². The second-order valence-electron chi connectivity index (χ2n) is 9.16. The maximum Gasteiger partial charge on any atom is 0.305 e. The summed E-state index contributed by atoms with van der Waals surface area (Å²) in [6.07, 6.45) is -0.756. The molecular formula is C25H27Cl2N7O7S2. The molecule has 0 aliphatic carbocycles. The van der Waals surface area contributed by atoms with Crippen molar-refractivity contribution in [1.82, 2.24) is 35.1 Å². The van der Waals surface area contributed by atoms with Gasteiger partial charge in [-0.25, -0.2) is 8.42 Å². The third kappa shape index (κ3) is 9.21. The molecule has 3 N–H and O–H groups in total. The molecule has 0 fully saturated rings. The number of amides is 2. The molecule has 3 rings (SSSR count). The van der Waals surface area contributed by atoms with E-state index in [9.17, 15) is 32.7 Å². The molecule has 2 aromatic carbocycles. The van der Waals surface area contributed by atoms with Gasteiger partial charge >= 0.3 is 5.97 Å². The van der Waals surface area contributed by atoms with Gasteiger partial charge in [-0.2, -0.15) is 9.52 Å². The van der Waals surface area contributed by atoms with Crippen LogP contribution in [0.4, 0.5) is 0 Å². The minimum absolute atomic E-state index is 0.0432. The van der Waals surface area contributed by atoms with Crippen LogP contribution >= 0.6 is 35.0 Å². The number of carbonyl (C=O) groups excluding carboxylic acids is 3. The summed E-state index contributed by atoms with van der Waals surface area (Å²) in [6, 6.07) is 8.40. The molecule has 0 radical (unpaired) electrons. The van der Waals surface area contributed by atoms with Crippen LogP contribution in [0.2, 0.25) is 10.0 Å². The number of benzene rings is 2. The Bertz CT molecular complexity index is 1590. The quantitative estimate of drug-likeness (QED) is 0.226. The number of rotatable bonds is 14. The van der Waals surface area contributed by atoms with E-state index in [4.69, 9.17) is 23.2 Å². The fourth-order valence-electron chi connectivity index (χ4n) is 3.59. The Morgan fingerprint density at radius 3 is 2.28 bits per heavy atom. The highest BCUT2D eigenvalue weighted by Crippen LogP contribution is 2.36. The van der Waals surface area contributed by atoms with Crippen molar-refractivity contribution in [2.75, 3.05) is 7.05 Å². The second kappa shape index (κ2) is 14.7. The number of hydrogen-bond acceptors (Lipinski definition) is 10. The van der Waals surface area contributed by atoms with Crippen LogP contribution in [0.1, 0.15) is 20.3 Å². The van der Waals surface area contributed by atoms with E-state index >= 15 is 0 Å². The lowest BCUT2D eigenvalue weighted by atomic mass is 10.1. The fourth-order valence-corrected chi connectivity index (χ4v) is 6.17. The Hall–Kier alpha value is -3.57. The van der Waals surface area contributed by atoms with Gasteiger partial charge in [0.25, 0.3) is 0 Å². The van der Waals surface area contributed by atoms with E-state index in [1.807, 2.05) is 0 Å². The Balaban J connectivity index is 1.64. The molecule has 2 amide bonds. The van der Waals surface area contributed by atoms with Gasteiger partial charge < -0.3 is 15.3 Å². The van der Waals surface area contributed by atoms with Gasteiger partial charge in [0, 0.05) is 7.05 Å². The summed E-state index contributed by atoms with van der Waals surface area (Å²) in [7, 11) is -2.74. The van der Waals surface area contributed by atoms with E-state index in [1.165, 1.54) is 45.2 Å². The SMILES string of the molecule is CC(NS(=O)(=O)c1ccccc1)C(=O)N(C)C(C)C(=O)NC(CC(=O)O)C(=O)Cn1nnc(Sc2c(Cl)cccc2Cl)n1. The average molecular weight is 673 g/mol. The zero-order valence-electron chi connectivity index (χ0n) is 23.0. The minimum atomic E-state index is -4.02. The Kier molecular flexibility index (Phi) is 11.6. The first-order valence-electron chi connectivity index (χ1n) is 12.5. The number of aromatic nitrogens is 4. The number of carboxylic acid groups (broad SMARTS) is 1. The lowest BCUT2D eigenvalue weighted by Gasteiger charge is -2.28. The first-order chi connectivity index (χ1) is 20.2. The topological polar surface area (TPSA) is 194 Å². The summed E-state index contributed by atoms with van der Waals surface area (Å²) in [5, 5.41) is 24.2. The van der Waals surface area contributed by atoms with Crippen LogP contribution in [-0.4, -0.2) is 87.4 Å². The van der Waals surface area contributed by atoms with Crippen molar-refractivity contribution < 1.29 is 32.7 Å². The first-order valence-corrected chi connectivity index (χ1v) is 15.5. The molecule has 0 bridgehead atoms. The number of halogens is 2. The number of tetrazole rings is 1. The number of nitrogens with one attached hydrogen (secondary N) is 2. The maximum absolute atomic E-state index is 13.0. The summed E-state index contributed by atoms with van der Waals surface area (Å²) in [5.74, 6) is -3.69. The molecule has 18 heteroatoms. The number of aliphatic carboxylic acids is 1. The van der Waals surface area contributed by atoms with Gasteiger partial charge in [-0.15, -0.1) is 10.2 Å². The standard InChI is InChI=1S/C25H27Cl2N7O7S2/c1-14(31-43(40,41)16-8-5-4-6-9-16)24(39)33(3)15(2)23(38)28-19(12-21(36)37)20(35)13-34-30-25(29-32-34)42-22-17(26)10-7-11-18(22)27/h4-11,14-15,19,31H,12-13H2,1-3H3,(H,28,38)(H,36,37). The summed E-state index contributed by atoms with van der Waals surface area (Å²) in [6.45, 7) is 2.14. The van der Waals surface area contributed by atoms with Crippen molar-refractivity contribution in [3.05, 3.63) is 58.6 Å². The van der Waals surface area contributed by atoms with E-state index in [-0.39, 0.29) is 10.1 Å². The second-order valence-corrected chi connectivity index (χ2v) is 12.7. The highest BCUT2D eigenvalue weighted by molar-refractivity contribution is 7.99. The Morgan fingerprint density at radius 1 is 1.05 bits per heavy atom. The number of carboxylic acids is 1. The average Bonchev–Trinajstić information content (AvgIpc) is 3.40. The van der Waals surface area contributed by atoms with Gasteiger partial charge in [0.1, 0.15) is 18.6 Å². The van der Waals surface area contributed by atoms with Crippen LogP contribution in [0, 0.1) is 0 Å². The molecule has 1 heterocycles. The van der Waals surface area contributed by atoms with E-state index < -0.39 is 64.7 Å². The molecule has 0 spiro atoms. The lowest BCUT2D eigenvalue weighted by Crippen LogP contribution is -2.55. The molecule has 230 valence electrons. The number of sulfonamides is 1. The Morgan fingerprint density at radius 2 is 1.67 bits per heavy atom. The maximum atomic E-state index is 13.0. The van der Waals surface area contributed by atoms with Crippen LogP contribution in [0.5, 0.6) is 0 Å². The zero-order chi connectivity index (χ0) is 31.9. The zero-order valence-corrected chi connectivity index (χ0v) is 26.1. The lowest BCUT2D eigenvalue weighted by molar-refractivity contribution is -0.142. The highest BCUT2D eigenvalue weighted by atomic mass is 35.5. The number of Topliss-reactive ketones (excluding diaryl/α,β-unsaturated/α-hetero) is 1. The first kappa shape index (κ1) is 33.9. The number of hydrogen-bond donors (Lipinski definition) is 3. The van der Waals surface area contributed by atoms with E-state index in [1.54, 1.807) is 24.3 Å². The Labute approximate surface area is 261 Å². The monoisotopic (exact) mass is 671 g/mol. The predicted molar refractivity (Wildman–Crippen MR) is 156 cm³/mol. The van der Waals surface area contributed by atoms with Crippen LogP contribution in [-0.2, 0) is 35.7 Å². The van der Waals surface area contributed by atoms with Crippen molar-refractivity contribution in [1.29, 1.82) is 0 Å². The highest BCUT2D eigenvalue weighted by Gasteiger charge is 2.32. The fraction of sp³-hybridized carbons (Fsp3) is 0.320. The molecule has 0 saturated heterocycles. The minimum Gasteiger partial charge on any atom is -0.481 e. The van der Waals surface area contributed by atoms with Crippen molar-refractivity contribution in [3.63, 3.8) is 0 Å². The van der Waals surface area contributed by atoms with Crippen LogP contribution in [0.3, 0.4) is 0 Å². The van der Waals surface area contributed by atoms with E-state index in [0.717, 1.165) is 21.5 Å². The smallest absolute Gasteiger partial charge is 0.305 e. The van der Waals surface area contributed by atoms with Gasteiger partial charge in [-0.3, -0.25) is 19.2 Å². The molecule has 1 aromatic heterocycles. The molecule has 3 aromatic rings. The third-order valence-corrected chi connectivity index (χ3v) is 9.39. The van der Waals surface area contributed by atoms with Gasteiger partial charge in [0.05, 0.1) is 32.3 Å². The number of likely N-dealkylation sites (N-methyl/N-ethyl adjacent to an activating group) is 1. The number of ketones is 1. The van der Waals surface area contributed by atoms with E-state index in [2.05, 4.69) is 25.4 Å². The molecule has 0 aliphatic heterocycles. The molecule has 14 nitrogen and oxygen atoms in total. The van der Waals surface area contributed by atoms with Crippen LogP contribution in [0.25, 0.3) is 0 Å². The van der Waals surface area contributed by atoms with Crippen molar-refractivity contribution >= 4 is 68.6 Å². The van der Waals surface area contributed by atoms with Crippen molar-refractivity contribution in [2.45, 2.75) is 59.9 Å². The van der Waals surface area contributed by atoms with Crippen LogP contribution < -0.4 is 10.0 Å². The number of carbonyl (C=O) groups is 4. The summed E-state index contributed by atoms with van der Waals surface area (Å²) in [4.78, 5) is 52.7. The van der Waals surface area contributed by atoms with Crippen LogP contribution in [0.15, 0.2) is 63.5 Å². The summed E-state index contributed by atoms with van der Waals surface area (Å²) in [5.41, 5.74) is 0. The molecule has 3 atom stereocenters. The molecular weight excluding hydrogens is 645 g/mol. The molecule has 0 aliphatic rings. The normalized spacial score (nSPS) is 13.5. The molecule has 43 heavy (non-hydrogen) atoms. The molecule has 3 unspecified atom stereocenters. The number of nitrogens with zero attached hydrogens (tertiary/aromatic N) is 5. The summed E-state index contributed by atoms with van der Waals surface area (Å²) >= 11 is 13.3. The predicted octanol–water partition coefficient (Wildman–Crippen LogP) is 1.87. The van der Waals surface area contributed by atoms with Gasteiger partial charge in [-0.1, -0.05) is 47.5 Å². The third-order valence-electron chi connectivity index (χ3n) is 5.99. The van der Waals surface area contributed by atoms with Crippen molar-refractivity contribution in [2.24, 2.45) is 0 Å². The molecule has 0 saturated carbocycles. The van der Waals surface area contributed by atoms with Gasteiger partial charge in [0.2, 0.25) is 27.0 Å². The van der Waals surface area contributed by atoms with Crippen molar-refractivity contribution in [3.8, 4) is 0 Å². The summed E-state index contributed by atoms with van der Waals surface area (Å²) < 4.78 is 27.4. The van der Waals surface area contributed by atoms with Gasteiger partial charge in [0.15, 0.2) is 5.78 Å². The van der Waals surface area contributed by atoms with Gasteiger partial charge in [-0.05, 0) is 55.1 Å².